The van der Waals surface area contributed by atoms with Crippen LogP contribution in [-0.2, 0) is 15.8 Å². The molecule has 3 aromatic rings. The Balaban J connectivity index is 0.000000206. The number of aryl methyl sites for hydroxylation is 1. The Morgan fingerprint density at radius 1 is 1.08 bits per heavy atom. The van der Waals surface area contributed by atoms with Crippen LogP contribution in [0.4, 0.5) is 19.0 Å². The summed E-state index contributed by atoms with van der Waals surface area (Å²) in [5.41, 5.74) is 0.927. The molecule has 1 aliphatic carbocycles. The number of benzene rings is 1. The van der Waals surface area contributed by atoms with Gasteiger partial charge >= 0.3 is 6.18 Å². The first-order chi connectivity index (χ1) is 17.3. The number of ketones is 2. The third kappa shape index (κ3) is 6.64. The molecule has 11 heteroatoms. The molecular formula is C26H31F3N4O4. The maximum atomic E-state index is 13.0. The van der Waals surface area contributed by atoms with Crippen LogP contribution >= 0.6 is 0 Å². The lowest BCUT2D eigenvalue weighted by Gasteiger charge is -2.28. The van der Waals surface area contributed by atoms with Gasteiger partial charge in [0.15, 0.2) is 11.6 Å². The molecule has 1 aromatic carbocycles. The zero-order chi connectivity index (χ0) is 27.5. The molecule has 8 nitrogen and oxygen atoms in total. The van der Waals surface area contributed by atoms with Gasteiger partial charge in [0.2, 0.25) is 11.7 Å². The molecule has 1 saturated carbocycles. The molecule has 2 unspecified atom stereocenters. The lowest BCUT2D eigenvalue weighted by atomic mass is 9.77. The molecular weight excluding hydrogens is 489 g/mol. The number of carbonyl (C=O) groups is 3. The van der Waals surface area contributed by atoms with Gasteiger partial charge in [0, 0.05) is 29.5 Å². The molecule has 2 aromatic heterocycles. The van der Waals surface area contributed by atoms with E-state index in [1.165, 1.54) is 25.1 Å². The van der Waals surface area contributed by atoms with Crippen LogP contribution in [0.1, 0.15) is 81.4 Å². The number of halogens is 3. The van der Waals surface area contributed by atoms with E-state index in [0.29, 0.717) is 22.7 Å². The number of imidazole rings is 1. The number of anilines is 1. The average Bonchev–Trinajstić information content (AvgIpc) is 3.42. The Bertz CT molecular complexity index is 1290. The van der Waals surface area contributed by atoms with Gasteiger partial charge in [0.1, 0.15) is 11.5 Å². The number of aromatic nitrogens is 3. The van der Waals surface area contributed by atoms with Crippen LogP contribution in [0.15, 0.2) is 28.8 Å². The molecule has 200 valence electrons. The molecule has 1 amide bonds. The number of amides is 1. The summed E-state index contributed by atoms with van der Waals surface area (Å²) in [6, 6.07) is 5.72. The molecule has 2 heterocycles. The summed E-state index contributed by atoms with van der Waals surface area (Å²) in [5, 5.41) is 6.45. The number of Topliss-reactive ketones (excluding diaryl/α,β-unsaturated/α-hetero) is 2. The fourth-order valence-corrected chi connectivity index (χ4v) is 4.62. The highest BCUT2D eigenvalue weighted by molar-refractivity contribution is 5.97. The summed E-state index contributed by atoms with van der Waals surface area (Å²) >= 11 is 0. The number of carbonyl (C=O) groups excluding carboxylic acids is 3. The van der Waals surface area contributed by atoms with Crippen molar-refractivity contribution in [3.05, 3.63) is 41.4 Å². The second-order valence-electron chi connectivity index (χ2n) is 9.58. The third-order valence-corrected chi connectivity index (χ3v) is 6.37. The van der Waals surface area contributed by atoms with E-state index in [-0.39, 0.29) is 40.9 Å². The molecule has 2 atom stereocenters. The van der Waals surface area contributed by atoms with Crippen LogP contribution in [-0.4, -0.2) is 32.2 Å². The summed E-state index contributed by atoms with van der Waals surface area (Å²) in [4.78, 5) is 38.6. The maximum absolute atomic E-state index is 13.0. The van der Waals surface area contributed by atoms with E-state index < -0.39 is 12.0 Å². The van der Waals surface area contributed by atoms with E-state index in [4.69, 9.17) is 4.52 Å². The molecule has 0 saturated heterocycles. The molecule has 1 N–H and O–H groups in total. The number of alkyl halides is 3. The number of fused-ring (bicyclic) bond motifs is 1. The van der Waals surface area contributed by atoms with Gasteiger partial charge in [-0.15, -0.1) is 0 Å². The monoisotopic (exact) mass is 520 g/mol. The average molecular weight is 521 g/mol. The highest BCUT2D eigenvalue weighted by Crippen LogP contribution is 2.34. The van der Waals surface area contributed by atoms with Crippen molar-refractivity contribution in [2.45, 2.75) is 72.5 Å². The predicted molar refractivity (Wildman–Crippen MR) is 131 cm³/mol. The minimum atomic E-state index is -4.51. The Morgan fingerprint density at radius 3 is 2.24 bits per heavy atom. The summed E-state index contributed by atoms with van der Waals surface area (Å²) in [6.45, 7) is 8.02. The van der Waals surface area contributed by atoms with Crippen molar-refractivity contribution in [1.82, 2.24) is 14.7 Å². The quantitative estimate of drug-likeness (QED) is 0.404. The number of hydrogen-bond donors (Lipinski definition) is 1. The van der Waals surface area contributed by atoms with Crippen molar-refractivity contribution in [3.8, 4) is 0 Å². The normalized spacial score (nSPS) is 17.9. The maximum Gasteiger partial charge on any atom is 0.449 e. The fourth-order valence-electron chi connectivity index (χ4n) is 4.62. The van der Waals surface area contributed by atoms with Gasteiger partial charge in [0.05, 0.1) is 11.0 Å². The summed E-state index contributed by atoms with van der Waals surface area (Å²) < 4.78 is 44.9. The standard InChI is InChI=1S/C13H13F3N2O.C13H18N2O3/c1-7(2)18-11-5-4-9(8(3)19)6-10(11)17-12(18)13(14,15)16;1-8-7-12(15-18-8)14-13(17)11-6-4-3-5-10(11)9(2)16/h4-7H,1-3H3;7,10-11H,3-6H2,1-2H3,(H,14,15,17). The molecule has 1 fully saturated rings. The minimum absolute atomic E-state index is 0.103. The first kappa shape index (κ1) is 28.1. The second kappa shape index (κ2) is 11.3. The lowest BCUT2D eigenvalue weighted by Crippen LogP contribution is -2.35. The Morgan fingerprint density at radius 2 is 1.73 bits per heavy atom. The fraction of sp³-hybridized carbons (Fsp3) is 0.500. The topological polar surface area (TPSA) is 107 Å². The molecule has 0 aliphatic heterocycles. The van der Waals surface area contributed by atoms with Crippen molar-refractivity contribution in [2.24, 2.45) is 11.8 Å². The van der Waals surface area contributed by atoms with Crippen LogP contribution in [0.25, 0.3) is 11.0 Å². The van der Waals surface area contributed by atoms with Gasteiger partial charge in [-0.3, -0.25) is 14.4 Å². The SMILES string of the molecule is CC(=O)C1CCCCC1C(=O)Nc1cc(C)on1.CC(=O)c1ccc2c(c1)nc(C(F)(F)F)n2C(C)C. The zero-order valence-corrected chi connectivity index (χ0v) is 21.5. The van der Waals surface area contributed by atoms with Gasteiger partial charge < -0.3 is 14.4 Å². The van der Waals surface area contributed by atoms with Crippen molar-refractivity contribution in [2.75, 3.05) is 5.32 Å². The van der Waals surface area contributed by atoms with Gasteiger partial charge in [-0.05, 0) is 65.7 Å². The molecule has 0 radical (unpaired) electrons. The van der Waals surface area contributed by atoms with Gasteiger partial charge in [-0.1, -0.05) is 18.0 Å². The third-order valence-electron chi connectivity index (χ3n) is 6.37. The summed E-state index contributed by atoms with van der Waals surface area (Å²) in [6.07, 6.45) is -0.908. The number of nitrogens with zero attached hydrogens (tertiary/aromatic N) is 3. The predicted octanol–water partition coefficient (Wildman–Crippen LogP) is 6.16. The highest BCUT2D eigenvalue weighted by atomic mass is 19.4. The number of hydrogen-bond acceptors (Lipinski definition) is 6. The highest BCUT2D eigenvalue weighted by Gasteiger charge is 2.38. The van der Waals surface area contributed by atoms with E-state index in [2.05, 4.69) is 15.5 Å². The zero-order valence-electron chi connectivity index (χ0n) is 21.5. The first-order valence-electron chi connectivity index (χ1n) is 12.1. The van der Waals surface area contributed by atoms with Crippen LogP contribution in [0.5, 0.6) is 0 Å². The minimum Gasteiger partial charge on any atom is -0.360 e. The second-order valence-corrected chi connectivity index (χ2v) is 9.58. The first-order valence-corrected chi connectivity index (χ1v) is 12.1. The van der Waals surface area contributed by atoms with E-state index in [9.17, 15) is 27.6 Å². The molecule has 1 aliphatic rings. The summed E-state index contributed by atoms with van der Waals surface area (Å²) in [7, 11) is 0. The molecule has 0 spiro atoms. The van der Waals surface area contributed by atoms with E-state index >= 15 is 0 Å². The number of rotatable bonds is 5. The largest absolute Gasteiger partial charge is 0.449 e. The molecule has 4 rings (SSSR count). The Kier molecular flexibility index (Phi) is 8.55. The smallest absolute Gasteiger partial charge is 0.360 e. The van der Waals surface area contributed by atoms with Crippen molar-refractivity contribution in [1.29, 1.82) is 0 Å². The van der Waals surface area contributed by atoms with E-state index in [1.807, 2.05) is 0 Å². The lowest BCUT2D eigenvalue weighted by molar-refractivity contribution is -0.147. The Hall–Kier alpha value is -3.50. The summed E-state index contributed by atoms with van der Waals surface area (Å²) in [5.74, 6) is -0.454. The Labute approximate surface area is 212 Å². The van der Waals surface area contributed by atoms with Crippen LogP contribution in [0.2, 0.25) is 0 Å². The van der Waals surface area contributed by atoms with Crippen LogP contribution in [0.3, 0.4) is 0 Å². The van der Waals surface area contributed by atoms with Gasteiger partial charge in [-0.25, -0.2) is 4.98 Å². The van der Waals surface area contributed by atoms with Crippen LogP contribution in [0, 0.1) is 18.8 Å². The van der Waals surface area contributed by atoms with Gasteiger partial charge in [-0.2, -0.15) is 13.2 Å². The van der Waals surface area contributed by atoms with E-state index in [0.717, 1.165) is 30.3 Å². The van der Waals surface area contributed by atoms with Crippen molar-refractivity contribution in [3.63, 3.8) is 0 Å². The van der Waals surface area contributed by atoms with Gasteiger partial charge in [0.25, 0.3) is 0 Å². The van der Waals surface area contributed by atoms with E-state index in [1.54, 1.807) is 33.8 Å². The van der Waals surface area contributed by atoms with Crippen LogP contribution < -0.4 is 5.32 Å². The van der Waals surface area contributed by atoms with Crippen molar-refractivity contribution >= 4 is 34.3 Å². The molecule has 0 bridgehead atoms. The number of nitrogens with one attached hydrogen (secondary N) is 1. The molecule has 37 heavy (non-hydrogen) atoms. The van der Waals surface area contributed by atoms with Crippen molar-refractivity contribution < 1.29 is 32.1 Å².